The van der Waals surface area contributed by atoms with Gasteiger partial charge in [-0.1, -0.05) is 29.8 Å². The lowest BCUT2D eigenvalue weighted by molar-refractivity contribution is 0.162. The lowest BCUT2D eigenvalue weighted by Gasteiger charge is -2.16. The lowest BCUT2D eigenvalue weighted by atomic mass is 10.1. The van der Waals surface area contributed by atoms with E-state index in [1.165, 1.54) is 4.90 Å². The average Bonchev–Trinajstić information content (AvgIpc) is 3.10. The molecule has 0 bridgehead atoms. The molecule has 136 valence electrons. The Kier molecular flexibility index (Phi) is 4.16. The minimum absolute atomic E-state index is 0.348. The standard InChI is InChI=1S/C21H19N3O3/c1-14-8-10-15(11-9-14)18-19(27-21(25)23(2)3)16-6-5-13-24(16)20-17(26-18)7-4-12-22-20/h4-13H,1-3H3. The number of hydrogen-bond acceptors (Lipinski definition) is 4. The van der Waals surface area contributed by atoms with Crippen LogP contribution in [0.4, 0.5) is 4.79 Å². The number of aryl methyl sites for hydroxylation is 1. The van der Waals surface area contributed by atoms with E-state index < -0.39 is 6.09 Å². The zero-order chi connectivity index (χ0) is 19.0. The summed E-state index contributed by atoms with van der Waals surface area (Å²) in [7, 11) is 3.28. The molecule has 0 saturated carbocycles. The maximum atomic E-state index is 12.3. The Hall–Kier alpha value is -3.54. The van der Waals surface area contributed by atoms with Crippen LogP contribution in [0.5, 0.6) is 5.75 Å². The lowest BCUT2D eigenvalue weighted by Crippen LogP contribution is -2.23. The fourth-order valence-electron chi connectivity index (χ4n) is 2.84. The highest BCUT2D eigenvalue weighted by molar-refractivity contribution is 5.90. The second-order valence-corrected chi connectivity index (χ2v) is 6.48. The van der Waals surface area contributed by atoms with Crippen LogP contribution in [0, 0.1) is 6.92 Å². The summed E-state index contributed by atoms with van der Waals surface area (Å²) in [5.41, 5.74) is 2.63. The van der Waals surface area contributed by atoms with E-state index in [9.17, 15) is 4.79 Å². The first kappa shape index (κ1) is 16.9. The van der Waals surface area contributed by atoms with Gasteiger partial charge in [0.15, 0.2) is 23.1 Å². The van der Waals surface area contributed by atoms with Gasteiger partial charge in [-0.3, -0.25) is 4.57 Å². The predicted molar refractivity (Wildman–Crippen MR) is 102 cm³/mol. The molecule has 0 atom stereocenters. The number of amides is 1. The highest BCUT2D eigenvalue weighted by Crippen LogP contribution is 2.37. The summed E-state index contributed by atoms with van der Waals surface area (Å²) in [6.45, 7) is 2.02. The first-order valence-corrected chi connectivity index (χ1v) is 8.56. The normalized spacial score (nSPS) is 12.6. The van der Waals surface area contributed by atoms with Crippen molar-refractivity contribution in [2.75, 3.05) is 14.1 Å². The molecule has 6 nitrogen and oxygen atoms in total. The smallest absolute Gasteiger partial charge is 0.414 e. The Bertz CT molecular complexity index is 1030. The molecule has 3 aromatic rings. The quantitative estimate of drug-likeness (QED) is 0.690. The minimum Gasteiger partial charge on any atom is -0.449 e. The van der Waals surface area contributed by atoms with Crippen molar-refractivity contribution in [3.63, 3.8) is 0 Å². The maximum absolute atomic E-state index is 12.3. The Balaban J connectivity index is 1.96. The molecule has 0 unspecified atom stereocenters. The van der Waals surface area contributed by atoms with Gasteiger partial charge in [0.05, 0.1) is 5.69 Å². The molecule has 6 heteroatoms. The number of benzene rings is 1. The number of hydrogen-bond donors (Lipinski definition) is 0. The number of rotatable bonds is 2. The molecule has 1 amide bonds. The molecule has 1 aliphatic heterocycles. The SMILES string of the molecule is Cc1ccc(C2=C(OC(=O)N(C)C)c3cccn3-c3ncccc3O2)cc1. The second kappa shape index (κ2) is 6.64. The number of carbonyl (C=O) groups is 1. The van der Waals surface area contributed by atoms with Gasteiger partial charge in [-0.15, -0.1) is 0 Å². The van der Waals surface area contributed by atoms with Gasteiger partial charge in [0.1, 0.15) is 0 Å². The van der Waals surface area contributed by atoms with Crippen LogP contribution in [0.2, 0.25) is 0 Å². The van der Waals surface area contributed by atoms with Gasteiger partial charge in [-0.05, 0) is 31.2 Å². The van der Waals surface area contributed by atoms with Crippen molar-refractivity contribution < 1.29 is 14.3 Å². The number of nitrogens with zero attached hydrogens (tertiary/aromatic N) is 3. The van der Waals surface area contributed by atoms with Crippen molar-refractivity contribution in [1.82, 2.24) is 14.5 Å². The summed E-state index contributed by atoms with van der Waals surface area (Å²) in [5, 5.41) is 0. The monoisotopic (exact) mass is 361 g/mol. The summed E-state index contributed by atoms with van der Waals surface area (Å²) in [5.74, 6) is 2.04. The molecule has 1 aliphatic rings. The van der Waals surface area contributed by atoms with E-state index in [2.05, 4.69) is 4.98 Å². The zero-order valence-electron chi connectivity index (χ0n) is 15.3. The zero-order valence-corrected chi connectivity index (χ0v) is 15.3. The van der Waals surface area contributed by atoms with Gasteiger partial charge >= 0.3 is 6.09 Å². The third-order valence-electron chi connectivity index (χ3n) is 4.25. The number of carbonyl (C=O) groups excluding carboxylic acids is 1. The van der Waals surface area contributed by atoms with E-state index in [0.717, 1.165) is 11.1 Å². The van der Waals surface area contributed by atoms with E-state index in [4.69, 9.17) is 9.47 Å². The number of aromatic nitrogens is 2. The van der Waals surface area contributed by atoms with E-state index >= 15 is 0 Å². The molecule has 4 rings (SSSR count). The number of pyridine rings is 1. The second-order valence-electron chi connectivity index (χ2n) is 6.48. The highest BCUT2D eigenvalue weighted by atomic mass is 16.6. The highest BCUT2D eigenvalue weighted by Gasteiger charge is 2.28. The maximum Gasteiger partial charge on any atom is 0.414 e. The Morgan fingerprint density at radius 2 is 1.89 bits per heavy atom. The predicted octanol–water partition coefficient (Wildman–Crippen LogP) is 4.10. The molecular weight excluding hydrogens is 342 g/mol. The number of fused-ring (bicyclic) bond motifs is 3. The van der Waals surface area contributed by atoms with Crippen LogP contribution in [-0.4, -0.2) is 34.6 Å². The summed E-state index contributed by atoms with van der Waals surface area (Å²) in [6, 6.07) is 15.3. The van der Waals surface area contributed by atoms with Crippen molar-refractivity contribution in [3.8, 4) is 11.6 Å². The van der Waals surface area contributed by atoms with E-state index in [-0.39, 0.29) is 0 Å². The molecular formula is C21H19N3O3. The fourth-order valence-corrected chi connectivity index (χ4v) is 2.84. The summed E-state index contributed by atoms with van der Waals surface area (Å²) >= 11 is 0. The van der Waals surface area contributed by atoms with Crippen LogP contribution in [0.15, 0.2) is 60.9 Å². The Labute approximate surface area is 157 Å². The average molecular weight is 361 g/mol. The van der Waals surface area contributed by atoms with Crippen LogP contribution in [0.25, 0.3) is 17.3 Å². The molecule has 2 aromatic heterocycles. The first-order valence-electron chi connectivity index (χ1n) is 8.56. The first-order chi connectivity index (χ1) is 13.0. The molecule has 0 spiro atoms. The van der Waals surface area contributed by atoms with Crippen LogP contribution in [-0.2, 0) is 4.74 Å². The van der Waals surface area contributed by atoms with Crippen LogP contribution in [0.3, 0.4) is 0 Å². The molecule has 0 aliphatic carbocycles. The largest absolute Gasteiger partial charge is 0.449 e. The van der Waals surface area contributed by atoms with Crippen LogP contribution >= 0.6 is 0 Å². The third-order valence-corrected chi connectivity index (χ3v) is 4.25. The van der Waals surface area contributed by atoms with E-state index in [0.29, 0.717) is 28.8 Å². The van der Waals surface area contributed by atoms with Crippen LogP contribution in [0.1, 0.15) is 16.8 Å². The molecule has 0 N–H and O–H groups in total. The van der Waals surface area contributed by atoms with Gasteiger partial charge < -0.3 is 14.4 Å². The van der Waals surface area contributed by atoms with Gasteiger partial charge in [-0.25, -0.2) is 9.78 Å². The molecule has 27 heavy (non-hydrogen) atoms. The molecule has 1 aromatic carbocycles. The molecule has 0 radical (unpaired) electrons. The van der Waals surface area contributed by atoms with Crippen LogP contribution < -0.4 is 4.74 Å². The minimum atomic E-state index is -0.482. The van der Waals surface area contributed by atoms with E-state index in [1.807, 2.05) is 66.2 Å². The Morgan fingerprint density at radius 1 is 1.11 bits per heavy atom. The van der Waals surface area contributed by atoms with Crippen molar-refractivity contribution in [3.05, 3.63) is 77.7 Å². The van der Waals surface area contributed by atoms with Gasteiger partial charge in [0.25, 0.3) is 0 Å². The molecule has 0 saturated heterocycles. The topological polar surface area (TPSA) is 56.6 Å². The van der Waals surface area contributed by atoms with Gasteiger partial charge in [-0.2, -0.15) is 0 Å². The van der Waals surface area contributed by atoms with Crippen molar-refractivity contribution in [2.24, 2.45) is 0 Å². The van der Waals surface area contributed by atoms with Gasteiger partial charge in [0, 0.05) is 32.1 Å². The van der Waals surface area contributed by atoms with Gasteiger partial charge in [0.2, 0.25) is 0 Å². The van der Waals surface area contributed by atoms with E-state index in [1.54, 1.807) is 20.3 Å². The summed E-state index contributed by atoms with van der Waals surface area (Å²) in [6.07, 6.45) is 3.09. The molecule has 0 fully saturated rings. The van der Waals surface area contributed by atoms with Crippen molar-refractivity contribution in [2.45, 2.75) is 6.92 Å². The number of ether oxygens (including phenoxy) is 2. The summed E-state index contributed by atoms with van der Waals surface area (Å²) < 4.78 is 13.8. The van der Waals surface area contributed by atoms with Crippen molar-refractivity contribution >= 4 is 17.6 Å². The molecule has 3 heterocycles. The Morgan fingerprint density at radius 3 is 2.63 bits per heavy atom. The third kappa shape index (κ3) is 3.06. The van der Waals surface area contributed by atoms with Crippen molar-refractivity contribution in [1.29, 1.82) is 0 Å². The fraction of sp³-hybridized carbons (Fsp3) is 0.143. The summed E-state index contributed by atoms with van der Waals surface area (Å²) in [4.78, 5) is 18.2.